The Hall–Kier alpha value is -2.53. The Kier molecular flexibility index (Phi) is 7.73. The van der Waals surface area contributed by atoms with E-state index < -0.39 is 0 Å². The van der Waals surface area contributed by atoms with Crippen molar-refractivity contribution in [3.05, 3.63) is 59.7 Å². The van der Waals surface area contributed by atoms with Crippen LogP contribution in [0.25, 0.3) is 0 Å². The molecule has 0 aliphatic carbocycles. The molecule has 0 atom stereocenters. The smallest absolute Gasteiger partial charge is 0.321 e. The summed E-state index contributed by atoms with van der Waals surface area (Å²) in [6.45, 7) is 6.12. The molecule has 1 saturated heterocycles. The number of carbonyl (C=O) groups is 1. The van der Waals surface area contributed by atoms with E-state index in [9.17, 15) is 4.79 Å². The van der Waals surface area contributed by atoms with Crippen LogP contribution in [0.2, 0.25) is 0 Å². The number of anilines is 1. The van der Waals surface area contributed by atoms with E-state index in [0.29, 0.717) is 6.61 Å². The van der Waals surface area contributed by atoms with Gasteiger partial charge in [-0.1, -0.05) is 37.6 Å². The van der Waals surface area contributed by atoms with Gasteiger partial charge in [-0.2, -0.15) is 0 Å². The Morgan fingerprint density at radius 3 is 2.61 bits per heavy atom. The number of hydrogen-bond donors (Lipinski definition) is 2. The zero-order valence-electron chi connectivity index (χ0n) is 16.7. The molecule has 1 aliphatic heterocycles. The first-order chi connectivity index (χ1) is 13.7. The first kappa shape index (κ1) is 20.2. The van der Waals surface area contributed by atoms with Crippen molar-refractivity contribution in [3.8, 4) is 5.75 Å². The Morgan fingerprint density at radius 2 is 1.86 bits per heavy atom. The highest BCUT2D eigenvalue weighted by molar-refractivity contribution is 5.89. The first-order valence-electron chi connectivity index (χ1n) is 10.3. The quantitative estimate of drug-likeness (QED) is 0.677. The highest BCUT2D eigenvalue weighted by Gasteiger charge is 2.15. The Morgan fingerprint density at radius 1 is 1.07 bits per heavy atom. The van der Waals surface area contributed by atoms with Gasteiger partial charge in [0, 0.05) is 31.9 Å². The molecule has 2 amide bonds. The fraction of sp³-hybridized carbons (Fsp3) is 0.435. The lowest BCUT2D eigenvalue weighted by Gasteiger charge is -2.27. The summed E-state index contributed by atoms with van der Waals surface area (Å²) in [5.41, 5.74) is 3.43. The minimum atomic E-state index is -0.0204. The lowest BCUT2D eigenvalue weighted by atomic mass is 10.1. The van der Waals surface area contributed by atoms with Gasteiger partial charge in [-0.3, -0.25) is 0 Å². The van der Waals surface area contributed by atoms with Crippen LogP contribution in [-0.4, -0.2) is 43.7 Å². The predicted octanol–water partition coefficient (Wildman–Crippen LogP) is 4.09. The summed E-state index contributed by atoms with van der Waals surface area (Å²) < 4.78 is 5.89. The number of carbonyl (C=O) groups excluding carboxylic acids is 1. The van der Waals surface area contributed by atoms with Crippen molar-refractivity contribution in [2.45, 2.75) is 32.6 Å². The molecule has 0 radical (unpaired) electrons. The molecule has 1 aliphatic rings. The molecule has 5 nitrogen and oxygen atoms in total. The van der Waals surface area contributed by atoms with Crippen LogP contribution in [0.4, 0.5) is 10.5 Å². The van der Waals surface area contributed by atoms with Gasteiger partial charge in [0.25, 0.3) is 0 Å². The molecule has 1 fully saturated rings. The minimum absolute atomic E-state index is 0.0204. The van der Waals surface area contributed by atoms with Gasteiger partial charge in [0.2, 0.25) is 0 Å². The minimum Gasteiger partial charge on any atom is -0.494 e. The van der Waals surface area contributed by atoms with Gasteiger partial charge in [-0.25, -0.2) is 4.79 Å². The third kappa shape index (κ3) is 6.27. The van der Waals surface area contributed by atoms with E-state index in [1.807, 2.05) is 23.1 Å². The maximum absolute atomic E-state index is 12.2. The van der Waals surface area contributed by atoms with E-state index in [1.54, 1.807) is 0 Å². The molecule has 150 valence electrons. The largest absolute Gasteiger partial charge is 0.494 e. The molecule has 0 bridgehead atoms. The van der Waals surface area contributed by atoms with Gasteiger partial charge in [0.1, 0.15) is 5.75 Å². The maximum atomic E-state index is 12.2. The number of nitrogens with one attached hydrogen (secondary N) is 2. The summed E-state index contributed by atoms with van der Waals surface area (Å²) in [5.74, 6) is 0.955. The van der Waals surface area contributed by atoms with Crippen molar-refractivity contribution >= 4 is 11.7 Å². The summed E-state index contributed by atoms with van der Waals surface area (Å²) >= 11 is 0. The van der Waals surface area contributed by atoms with Crippen molar-refractivity contribution in [2.75, 3.05) is 38.1 Å². The van der Waals surface area contributed by atoms with Crippen LogP contribution in [0, 0.1) is 0 Å². The number of hydrogen-bond acceptors (Lipinski definition) is 3. The van der Waals surface area contributed by atoms with Crippen molar-refractivity contribution in [3.63, 3.8) is 0 Å². The highest BCUT2D eigenvalue weighted by Crippen LogP contribution is 2.16. The van der Waals surface area contributed by atoms with E-state index in [4.69, 9.17) is 4.74 Å². The number of benzene rings is 2. The van der Waals surface area contributed by atoms with Crippen LogP contribution in [0.3, 0.4) is 0 Å². The van der Waals surface area contributed by atoms with Crippen LogP contribution < -0.4 is 15.4 Å². The van der Waals surface area contributed by atoms with Gasteiger partial charge < -0.3 is 20.3 Å². The second-order valence-corrected chi connectivity index (χ2v) is 7.21. The topological polar surface area (TPSA) is 53.6 Å². The summed E-state index contributed by atoms with van der Waals surface area (Å²) in [4.78, 5) is 14.1. The first-order valence-corrected chi connectivity index (χ1v) is 10.3. The molecular weight excluding hydrogens is 350 g/mol. The highest BCUT2D eigenvalue weighted by atomic mass is 16.5. The van der Waals surface area contributed by atoms with Crippen LogP contribution in [0.5, 0.6) is 5.75 Å². The number of aryl methyl sites for hydroxylation is 2. The standard InChI is InChI=1S/C23H31N3O2/c1-2-5-20-6-3-8-22(18-20)28-17-4-7-19-9-11-21(12-10-19)25-23(27)26-15-13-24-14-16-26/h3,6,8-12,18,24H,2,4-5,7,13-17H2,1H3,(H,25,27). The molecule has 3 rings (SSSR count). The van der Waals surface area contributed by atoms with Crippen molar-refractivity contribution in [1.29, 1.82) is 0 Å². The van der Waals surface area contributed by atoms with Crippen LogP contribution in [0.1, 0.15) is 30.9 Å². The zero-order valence-corrected chi connectivity index (χ0v) is 16.7. The van der Waals surface area contributed by atoms with E-state index >= 15 is 0 Å². The molecule has 5 heteroatoms. The van der Waals surface area contributed by atoms with Crippen molar-refractivity contribution < 1.29 is 9.53 Å². The molecule has 0 spiro atoms. The predicted molar refractivity (Wildman–Crippen MR) is 114 cm³/mol. The van der Waals surface area contributed by atoms with E-state index in [0.717, 1.165) is 63.3 Å². The monoisotopic (exact) mass is 381 g/mol. The molecule has 1 heterocycles. The van der Waals surface area contributed by atoms with Gasteiger partial charge in [-0.15, -0.1) is 0 Å². The summed E-state index contributed by atoms with van der Waals surface area (Å²) in [6.07, 6.45) is 4.16. The third-order valence-corrected chi connectivity index (χ3v) is 4.93. The lowest BCUT2D eigenvalue weighted by molar-refractivity contribution is 0.204. The van der Waals surface area contributed by atoms with E-state index in [2.05, 4.69) is 47.9 Å². The average molecular weight is 382 g/mol. The molecule has 2 aromatic carbocycles. The Balaban J connectivity index is 1.39. The number of urea groups is 1. The fourth-order valence-electron chi connectivity index (χ4n) is 3.37. The summed E-state index contributed by atoms with van der Waals surface area (Å²) in [5, 5.41) is 6.23. The van der Waals surface area contributed by atoms with Gasteiger partial charge in [0.05, 0.1) is 6.61 Å². The fourth-order valence-corrected chi connectivity index (χ4v) is 3.37. The number of amides is 2. The van der Waals surface area contributed by atoms with Crippen molar-refractivity contribution in [1.82, 2.24) is 10.2 Å². The maximum Gasteiger partial charge on any atom is 0.321 e. The third-order valence-electron chi connectivity index (χ3n) is 4.93. The Labute approximate surface area is 168 Å². The lowest BCUT2D eigenvalue weighted by Crippen LogP contribution is -2.48. The van der Waals surface area contributed by atoms with Crippen LogP contribution in [0.15, 0.2) is 48.5 Å². The summed E-state index contributed by atoms with van der Waals surface area (Å²) in [6, 6.07) is 16.5. The molecular formula is C23H31N3O2. The zero-order chi connectivity index (χ0) is 19.6. The van der Waals surface area contributed by atoms with Crippen LogP contribution in [-0.2, 0) is 12.8 Å². The van der Waals surface area contributed by atoms with Crippen LogP contribution >= 0.6 is 0 Å². The average Bonchev–Trinajstić information content (AvgIpc) is 2.73. The SMILES string of the molecule is CCCc1cccc(OCCCc2ccc(NC(=O)N3CCNCC3)cc2)c1. The number of ether oxygens (including phenoxy) is 1. The molecule has 2 N–H and O–H groups in total. The van der Waals surface area contributed by atoms with Gasteiger partial charge >= 0.3 is 6.03 Å². The number of rotatable bonds is 8. The van der Waals surface area contributed by atoms with Crippen molar-refractivity contribution in [2.24, 2.45) is 0 Å². The van der Waals surface area contributed by atoms with E-state index in [1.165, 1.54) is 11.1 Å². The molecule has 0 unspecified atom stereocenters. The molecule has 28 heavy (non-hydrogen) atoms. The molecule has 0 saturated carbocycles. The summed E-state index contributed by atoms with van der Waals surface area (Å²) in [7, 11) is 0. The number of piperazine rings is 1. The molecule has 0 aromatic heterocycles. The second kappa shape index (κ2) is 10.7. The second-order valence-electron chi connectivity index (χ2n) is 7.21. The normalized spacial score (nSPS) is 14.0. The number of nitrogens with zero attached hydrogens (tertiary/aromatic N) is 1. The molecule has 2 aromatic rings. The van der Waals surface area contributed by atoms with Gasteiger partial charge in [0.15, 0.2) is 0 Å². The van der Waals surface area contributed by atoms with Gasteiger partial charge in [-0.05, 0) is 54.7 Å². The Bertz CT molecular complexity index is 740. The van der Waals surface area contributed by atoms with E-state index in [-0.39, 0.29) is 6.03 Å².